The lowest BCUT2D eigenvalue weighted by Gasteiger charge is -2.08. The first-order chi connectivity index (χ1) is 11.4. The molecule has 0 saturated carbocycles. The second-order valence-corrected chi connectivity index (χ2v) is 5.64. The maximum absolute atomic E-state index is 13.2. The quantitative estimate of drug-likeness (QED) is 0.412. The summed E-state index contributed by atoms with van der Waals surface area (Å²) in [4.78, 5) is 30.5. The number of halogens is 2. The molecule has 1 aromatic carbocycles. The van der Waals surface area contributed by atoms with Gasteiger partial charge in [0.2, 0.25) is 0 Å². The second kappa shape index (κ2) is 7.88. The number of thioether (sulfide) groups is 1. The number of hydrogen-bond acceptors (Lipinski definition) is 6. The highest BCUT2D eigenvalue weighted by Crippen LogP contribution is 2.17. The number of methoxy groups -OCH3 is 1. The van der Waals surface area contributed by atoms with Crippen LogP contribution in [0.15, 0.2) is 28.2 Å². The Hall–Kier alpha value is -2.46. The van der Waals surface area contributed by atoms with Gasteiger partial charge in [-0.05, 0) is 18.2 Å². The van der Waals surface area contributed by atoms with Gasteiger partial charge < -0.3 is 15.8 Å². The Morgan fingerprint density at radius 2 is 2.17 bits per heavy atom. The van der Waals surface area contributed by atoms with E-state index in [1.807, 2.05) is 0 Å². The van der Waals surface area contributed by atoms with Crippen LogP contribution in [0.4, 0.5) is 20.3 Å². The van der Waals surface area contributed by atoms with Crippen molar-refractivity contribution in [1.29, 1.82) is 0 Å². The zero-order valence-corrected chi connectivity index (χ0v) is 13.4. The number of nitrogens with zero attached hydrogens (tertiary/aromatic N) is 1. The molecule has 4 N–H and O–H groups in total. The first kappa shape index (κ1) is 17.9. The lowest BCUT2D eigenvalue weighted by atomic mass is 10.2. The van der Waals surface area contributed by atoms with Crippen LogP contribution in [0.25, 0.3) is 0 Å². The van der Waals surface area contributed by atoms with Crippen molar-refractivity contribution in [3.05, 3.63) is 45.8 Å². The molecule has 7 nitrogen and oxygen atoms in total. The van der Waals surface area contributed by atoms with Crippen LogP contribution in [0.1, 0.15) is 10.4 Å². The Bertz CT molecular complexity index is 813. The molecule has 2 aromatic rings. The molecule has 128 valence electrons. The molecule has 0 saturated heterocycles. The number of aromatic nitrogens is 2. The SMILES string of the molecule is COCCSc1nc(N)c(NC(=O)c2ccc(F)c(F)c2)c(=O)[nH]1. The fourth-order valence-electron chi connectivity index (χ4n) is 1.70. The van der Waals surface area contributed by atoms with Gasteiger partial charge in [-0.1, -0.05) is 11.8 Å². The number of carbonyl (C=O) groups is 1. The summed E-state index contributed by atoms with van der Waals surface area (Å²) in [6.07, 6.45) is 0. The maximum Gasteiger partial charge on any atom is 0.277 e. The predicted molar refractivity (Wildman–Crippen MR) is 86.2 cm³/mol. The van der Waals surface area contributed by atoms with Crippen molar-refractivity contribution in [1.82, 2.24) is 9.97 Å². The molecule has 0 aliphatic rings. The summed E-state index contributed by atoms with van der Waals surface area (Å²) in [6, 6.07) is 2.61. The highest BCUT2D eigenvalue weighted by Gasteiger charge is 2.15. The summed E-state index contributed by atoms with van der Waals surface area (Å²) in [6.45, 7) is 0.461. The van der Waals surface area contributed by atoms with E-state index >= 15 is 0 Å². The molecule has 0 spiro atoms. The van der Waals surface area contributed by atoms with Crippen LogP contribution in [-0.2, 0) is 4.74 Å². The number of anilines is 2. The number of benzene rings is 1. The largest absolute Gasteiger partial charge is 0.384 e. The Labute approximate surface area is 139 Å². The van der Waals surface area contributed by atoms with Gasteiger partial charge in [-0.15, -0.1) is 0 Å². The predicted octanol–water partition coefficient (Wildman–Crippen LogP) is 1.62. The summed E-state index contributed by atoms with van der Waals surface area (Å²) in [5, 5.41) is 2.52. The van der Waals surface area contributed by atoms with Gasteiger partial charge in [-0.25, -0.2) is 13.8 Å². The third-order valence-electron chi connectivity index (χ3n) is 2.87. The van der Waals surface area contributed by atoms with E-state index < -0.39 is 23.1 Å². The van der Waals surface area contributed by atoms with Crippen molar-refractivity contribution in [2.45, 2.75) is 5.16 Å². The zero-order chi connectivity index (χ0) is 17.7. The number of H-pyrrole nitrogens is 1. The first-order valence-corrected chi connectivity index (χ1v) is 7.69. The average molecular weight is 356 g/mol. The Balaban J connectivity index is 2.18. The van der Waals surface area contributed by atoms with E-state index in [-0.39, 0.29) is 22.2 Å². The van der Waals surface area contributed by atoms with Crippen LogP contribution in [0.2, 0.25) is 0 Å². The lowest BCUT2D eigenvalue weighted by molar-refractivity contribution is 0.102. The van der Waals surface area contributed by atoms with E-state index in [2.05, 4.69) is 15.3 Å². The molecule has 1 amide bonds. The van der Waals surface area contributed by atoms with Gasteiger partial charge in [0.15, 0.2) is 22.6 Å². The molecule has 1 aromatic heterocycles. The van der Waals surface area contributed by atoms with Crippen molar-refractivity contribution >= 4 is 29.2 Å². The van der Waals surface area contributed by atoms with Crippen LogP contribution in [-0.4, -0.2) is 35.3 Å². The highest BCUT2D eigenvalue weighted by molar-refractivity contribution is 7.99. The van der Waals surface area contributed by atoms with Crippen LogP contribution >= 0.6 is 11.8 Å². The fraction of sp³-hybridized carbons (Fsp3) is 0.214. The number of aromatic amines is 1. The molecule has 0 radical (unpaired) electrons. The molecule has 0 aliphatic heterocycles. The minimum Gasteiger partial charge on any atom is -0.384 e. The van der Waals surface area contributed by atoms with Crippen molar-refractivity contribution in [2.75, 3.05) is 30.5 Å². The fourth-order valence-corrected chi connectivity index (χ4v) is 2.47. The number of nitrogen functional groups attached to an aromatic ring is 1. The summed E-state index contributed by atoms with van der Waals surface area (Å²) in [5.41, 5.74) is 4.60. The molecular weight excluding hydrogens is 342 g/mol. The van der Waals surface area contributed by atoms with Crippen molar-refractivity contribution < 1.29 is 18.3 Å². The number of amides is 1. The summed E-state index contributed by atoms with van der Waals surface area (Å²) < 4.78 is 30.9. The summed E-state index contributed by atoms with van der Waals surface area (Å²) in [7, 11) is 1.54. The van der Waals surface area contributed by atoms with Crippen molar-refractivity contribution in [3.63, 3.8) is 0 Å². The van der Waals surface area contributed by atoms with Crippen LogP contribution < -0.4 is 16.6 Å². The van der Waals surface area contributed by atoms with Crippen LogP contribution in [0.3, 0.4) is 0 Å². The Morgan fingerprint density at radius 1 is 1.42 bits per heavy atom. The molecule has 10 heteroatoms. The van der Waals surface area contributed by atoms with E-state index in [0.717, 1.165) is 18.2 Å². The molecule has 0 unspecified atom stereocenters. The third-order valence-corrected chi connectivity index (χ3v) is 3.71. The maximum atomic E-state index is 13.2. The van der Waals surface area contributed by atoms with Crippen LogP contribution in [0.5, 0.6) is 0 Å². The molecular formula is C14H14F2N4O3S. The van der Waals surface area contributed by atoms with E-state index in [9.17, 15) is 18.4 Å². The number of ether oxygens (including phenoxy) is 1. The number of rotatable bonds is 6. The summed E-state index contributed by atoms with van der Waals surface area (Å²) in [5.74, 6) is -2.70. The first-order valence-electron chi connectivity index (χ1n) is 6.70. The molecule has 1 heterocycles. The van der Waals surface area contributed by atoms with E-state index in [1.165, 1.54) is 11.8 Å². The third kappa shape index (κ3) is 4.30. The van der Waals surface area contributed by atoms with E-state index in [4.69, 9.17) is 10.5 Å². The van der Waals surface area contributed by atoms with E-state index in [1.54, 1.807) is 7.11 Å². The monoisotopic (exact) mass is 356 g/mol. The molecule has 0 fully saturated rings. The molecule has 0 aliphatic carbocycles. The topological polar surface area (TPSA) is 110 Å². The summed E-state index contributed by atoms with van der Waals surface area (Å²) >= 11 is 1.23. The minimum atomic E-state index is -1.17. The average Bonchev–Trinajstić information content (AvgIpc) is 2.53. The van der Waals surface area contributed by atoms with Gasteiger partial charge in [0.1, 0.15) is 5.69 Å². The van der Waals surface area contributed by atoms with Gasteiger partial charge in [0.25, 0.3) is 11.5 Å². The van der Waals surface area contributed by atoms with Gasteiger partial charge in [0, 0.05) is 18.4 Å². The molecule has 0 bridgehead atoms. The number of nitrogens with two attached hydrogens (primary N) is 1. The second-order valence-electron chi connectivity index (χ2n) is 4.56. The van der Waals surface area contributed by atoms with Gasteiger partial charge in [-0.3, -0.25) is 14.6 Å². The molecule has 24 heavy (non-hydrogen) atoms. The van der Waals surface area contributed by atoms with Gasteiger partial charge in [0.05, 0.1) is 6.61 Å². The van der Waals surface area contributed by atoms with Crippen molar-refractivity contribution in [3.8, 4) is 0 Å². The number of hydrogen-bond donors (Lipinski definition) is 3. The van der Waals surface area contributed by atoms with Gasteiger partial charge >= 0.3 is 0 Å². The molecule has 2 rings (SSSR count). The standard InChI is InChI=1S/C14H14F2N4O3S/c1-23-4-5-24-14-19-11(17)10(13(22)20-14)18-12(21)7-2-3-8(15)9(16)6-7/h2-3,6H,4-5H2,1H3,(H,18,21)(H3,17,19,20,22). The molecule has 0 atom stereocenters. The minimum absolute atomic E-state index is 0.161. The van der Waals surface area contributed by atoms with Crippen LogP contribution in [0, 0.1) is 11.6 Å². The smallest absolute Gasteiger partial charge is 0.277 e. The normalized spacial score (nSPS) is 10.6. The lowest BCUT2D eigenvalue weighted by Crippen LogP contribution is -2.23. The highest BCUT2D eigenvalue weighted by atomic mass is 32.2. The van der Waals surface area contributed by atoms with Gasteiger partial charge in [-0.2, -0.15) is 0 Å². The van der Waals surface area contributed by atoms with E-state index in [0.29, 0.717) is 12.4 Å². The number of nitrogens with one attached hydrogen (secondary N) is 2. The Morgan fingerprint density at radius 3 is 2.79 bits per heavy atom. The zero-order valence-electron chi connectivity index (χ0n) is 12.6. The Kier molecular flexibility index (Phi) is 5.88. The number of carbonyl (C=O) groups excluding carboxylic acids is 1. The van der Waals surface area contributed by atoms with Crippen molar-refractivity contribution in [2.24, 2.45) is 0 Å².